The molecule has 1 aliphatic heterocycles. The number of hydrogen-bond acceptors (Lipinski definition) is 4. The number of piperidine rings is 1. The average molecular weight is 350 g/mol. The summed E-state index contributed by atoms with van der Waals surface area (Å²) < 4.78 is 7.35. The van der Waals surface area contributed by atoms with Crippen LogP contribution in [0.1, 0.15) is 45.9 Å². The van der Waals surface area contributed by atoms with Gasteiger partial charge in [0.2, 0.25) is 5.91 Å². The lowest BCUT2D eigenvalue weighted by Gasteiger charge is -2.33. The van der Waals surface area contributed by atoms with E-state index in [1.807, 2.05) is 38.6 Å². The molecule has 1 aromatic heterocycles. The number of imidazole rings is 1. The number of amides is 2. The summed E-state index contributed by atoms with van der Waals surface area (Å²) in [6, 6.07) is 0. The molecule has 0 aromatic carbocycles. The van der Waals surface area contributed by atoms with Crippen LogP contribution >= 0.6 is 0 Å². The number of ether oxygens (including phenoxy) is 1. The minimum atomic E-state index is -0.471. The third-order valence-corrected chi connectivity index (χ3v) is 4.33. The molecule has 2 amide bonds. The van der Waals surface area contributed by atoms with Gasteiger partial charge in [0.25, 0.3) is 0 Å². The van der Waals surface area contributed by atoms with E-state index in [0.717, 1.165) is 25.1 Å². The van der Waals surface area contributed by atoms with Gasteiger partial charge in [-0.1, -0.05) is 0 Å². The van der Waals surface area contributed by atoms with Gasteiger partial charge in [0.1, 0.15) is 11.4 Å². The largest absolute Gasteiger partial charge is 0.444 e. The van der Waals surface area contributed by atoms with E-state index < -0.39 is 5.60 Å². The highest BCUT2D eigenvalue weighted by atomic mass is 16.6. The molecular formula is C18H30N4O3. The number of aromatic nitrogens is 2. The Labute approximate surface area is 149 Å². The first-order chi connectivity index (χ1) is 11.7. The number of likely N-dealkylation sites (tertiary alicyclic amines) is 1. The van der Waals surface area contributed by atoms with Crippen molar-refractivity contribution in [1.82, 2.24) is 19.8 Å². The number of hydrogen-bond donors (Lipinski definition) is 1. The van der Waals surface area contributed by atoms with E-state index >= 15 is 0 Å². The second-order valence-electron chi connectivity index (χ2n) is 7.67. The van der Waals surface area contributed by atoms with Crippen molar-refractivity contribution < 1.29 is 14.3 Å². The molecule has 1 N–H and O–H groups in total. The molecule has 25 heavy (non-hydrogen) atoms. The van der Waals surface area contributed by atoms with Crippen LogP contribution in [-0.2, 0) is 23.0 Å². The van der Waals surface area contributed by atoms with E-state index in [1.165, 1.54) is 0 Å². The fraction of sp³-hybridized carbons (Fsp3) is 0.722. The molecule has 2 rings (SSSR count). The highest BCUT2D eigenvalue weighted by Gasteiger charge is 2.27. The molecule has 1 aliphatic rings. The van der Waals surface area contributed by atoms with Gasteiger partial charge in [0.05, 0.1) is 0 Å². The van der Waals surface area contributed by atoms with Crippen molar-refractivity contribution in [3.05, 3.63) is 18.2 Å². The van der Waals surface area contributed by atoms with Crippen molar-refractivity contribution in [1.29, 1.82) is 0 Å². The van der Waals surface area contributed by atoms with Crippen LogP contribution in [0.2, 0.25) is 0 Å². The third-order valence-electron chi connectivity index (χ3n) is 4.33. The normalized spacial score (nSPS) is 15.9. The summed E-state index contributed by atoms with van der Waals surface area (Å²) in [5, 5.41) is 2.96. The number of carbonyl (C=O) groups is 2. The number of nitrogens with one attached hydrogen (secondary N) is 1. The second kappa shape index (κ2) is 8.36. The summed E-state index contributed by atoms with van der Waals surface area (Å²) in [6.07, 6.45) is 6.32. The smallest absolute Gasteiger partial charge is 0.410 e. The van der Waals surface area contributed by atoms with Gasteiger partial charge in [0, 0.05) is 51.9 Å². The Balaban J connectivity index is 1.65. The zero-order chi connectivity index (χ0) is 18.4. The van der Waals surface area contributed by atoms with Crippen LogP contribution in [0.3, 0.4) is 0 Å². The van der Waals surface area contributed by atoms with E-state index in [0.29, 0.717) is 32.0 Å². The van der Waals surface area contributed by atoms with Gasteiger partial charge in [-0.3, -0.25) is 4.79 Å². The van der Waals surface area contributed by atoms with Gasteiger partial charge in [-0.05, 0) is 39.5 Å². The average Bonchev–Trinajstić information content (AvgIpc) is 2.91. The molecule has 1 saturated heterocycles. The summed E-state index contributed by atoms with van der Waals surface area (Å²) in [5.74, 6) is 1.36. The molecule has 0 radical (unpaired) electrons. The Kier molecular flexibility index (Phi) is 6.45. The lowest BCUT2D eigenvalue weighted by Crippen LogP contribution is -2.42. The molecule has 7 nitrogen and oxygen atoms in total. The molecule has 1 aromatic rings. The first-order valence-corrected chi connectivity index (χ1v) is 8.95. The minimum absolute atomic E-state index is 0.0740. The quantitative estimate of drug-likeness (QED) is 0.882. The fourth-order valence-electron chi connectivity index (χ4n) is 2.93. The van der Waals surface area contributed by atoms with Crippen LogP contribution in [-0.4, -0.2) is 51.7 Å². The van der Waals surface area contributed by atoms with Crippen molar-refractivity contribution in [3.8, 4) is 0 Å². The van der Waals surface area contributed by atoms with Crippen molar-refractivity contribution in [2.75, 3.05) is 19.6 Å². The Bertz CT molecular complexity index is 583. The van der Waals surface area contributed by atoms with E-state index in [1.54, 1.807) is 11.1 Å². The summed E-state index contributed by atoms with van der Waals surface area (Å²) in [7, 11) is 1.95. The van der Waals surface area contributed by atoms with Crippen LogP contribution in [0, 0.1) is 5.92 Å². The van der Waals surface area contributed by atoms with Crippen LogP contribution in [0.15, 0.2) is 12.4 Å². The van der Waals surface area contributed by atoms with Gasteiger partial charge >= 0.3 is 6.09 Å². The molecule has 0 saturated carbocycles. The molecule has 140 valence electrons. The first kappa shape index (κ1) is 19.3. The summed E-state index contributed by atoms with van der Waals surface area (Å²) in [5.41, 5.74) is -0.471. The molecule has 0 aliphatic carbocycles. The molecule has 0 spiro atoms. The van der Waals surface area contributed by atoms with E-state index in [-0.39, 0.29) is 12.0 Å². The van der Waals surface area contributed by atoms with Crippen LogP contribution in [0.5, 0.6) is 0 Å². The first-order valence-electron chi connectivity index (χ1n) is 8.95. The molecule has 0 bridgehead atoms. The SMILES string of the molecule is Cn1ccnc1CCNC(=O)CC1CCN(C(=O)OC(C)(C)C)CC1. The zero-order valence-corrected chi connectivity index (χ0v) is 15.7. The number of nitrogens with zero attached hydrogens (tertiary/aromatic N) is 3. The standard InChI is InChI=1S/C18H30N4O3/c1-18(2,3)25-17(24)22-10-6-14(7-11-22)13-16(23)20-8-5-15-19-9-12-21(15)4/h9,12,14H,5-8,10-11,13H2,1-4H3,(H,20,23). The molecule has 2 heterocycles. The second-order valence-corrected chi connectivity index (χ2v) is 7.67. The van der Waals surface area contributed by atoms with E-state index in [4.69, 9.17) is 4.74 Å². The molecular weight excluding hydrogens is 320 g/mol. The summed E-state index contributed by atoms with van der Waals surface area (Å²) >= 11 is 0. The molecule has 7 heteroatoms. The number of carbonyl (C=O) groups excluding carboxylic acids is 2. The Morgan fingerprint density at radius 2 is 2.00 bits per heavy atom. The van der Waals surface area contributed by atoms with Crippen molar-refractivity contribution in [3.63, 3.8) is 0 Å². The van der Waals surface area contributed by atoms with Gasteiger partial charge in [0.15, 0.2) is 0 Å². The fourth-order valence-corrected chi connectivity index (χ4v) is 2.93. The predicted octanol–water partition coefficient (Wildman–Crippen LogP) is 2.12. The van der Waals surface area contributed by atoms with Crippen molar-refractivity contribution >= 4 is 12.0 Å². The monoisotopic (exact) mass is 350 g/mol. The number of aryl methyl sites for hydroxylation is 1. The maximum Gasteiger partial charge on any atom is 0.410 e. The maximum atomic E-state index is 12.1. The highest BCUT2D eigenvalue weighted by Crippen LogP contribution is 2.22. The lowest BCUT2D eigenvalue weighted by atomic mass is 9.93. The Morgan fingerprint density at radius 3 is 2.56 bits per heavy atom. The minimum Gasteiger partial charge on any atom is -0.444 e. The topological polar surface area (TPSA) is 76.5 Å². The van der Waals surface area contributed by atoms with Crippen LogP contribution in [0.25, 0.3) is 0 Å². The lowest BCUT2D eigenvalue weighted by molar-refractivity contribution is -0.122. The maximum absolute atomic E-state index is 12.1. The van der Waals surface area contributed by atoms with Gasteiger partial charge < -0.3 is 19.5 Å². The van der Waals surface area contributed by atoms with Crippen LogP contribution < -0.4 is 5.32 Å². The Morgan fingerprint density at radius 1 is 1.32 bits per heavy atom. The Hall–Kier alpha value is -2.05. The van der Waals surface area contributed by atoms with E-state index in [9.17, 15) is 9.59 Å². The van der Waals surface area contributed by atoms with Crippen molar-refractivity contribution in [2.24, 2.45) is 13.0 Å². The zero-order valence-electron chi connectivity index (χ0n) is 15.7. The number of rotatable bonds is 5. The van der Waals surface area contributed by atoms with Gasteiger partial charge in [-0.15, -0.1) is 0 Å². The summed E-state index contributed by atoms with van der Waals surface area (Å²) in [4.78, 5) is 30.1. The van der Waals surface area contributed by atoms with Gasteiger partial charge in [-0.2, -0.15) is 0 Å². The van der Waals surface area contributed by atoms with Crippen LogP contribution in [0.4, 0.5) is 4.79 Å². The van der Waals surface area contributed by atoms with Gasteiger partial charge in [-0.25, -0.2) is 9.78 Å². The van der Waals surface area contributed by atoms with E-state index in [2.05, 4.69) is 10.3 Å². The molecule has 0 atom stereocenters. The predicted molar refractivity (Wildman–Crippen MR) is 95.1 cm³/mol. The third kappa shape index (κ3) is 6.40. The van der Waals surface area contributed by atoms with Crippen molar-refractivity contribution in [2.45, 2.75) is 52.1 Å². The molecule has 1 fully saturated rings. The highest BCUT2D eigenvalue weighted by molar-refractivity contribution is 5.76. The summed E-state index contributed by atoms with van der Waals surface area (Å²) in [6.45, 7) is 7.51. The molecule has 0 unspecified atom stereocenters.